The van der Waals surface area contributed by atoms with Crippen LogP contribution in [0.4, 0.5) is 5.95 Å². The quantitative estimate of drug-likeness (QED) is 0.724. The summed E-state index contributed by atoms with van der Waals surface area (Å²) in [6.07, 6.45) is 5.72. The number of nitrogens with zero attached hydrogens (tertiary/aromatic N) is 4. The van der Waals surface area contributed by atoms with E-state index in [1.807, 2.05) is 9.80 Å². The first-order chi connectivity index (χ1) is 12.5. The van der Waals surface area contributed by atoms with E-state index in [-0.39, 0.29) is 23.2 Å². The summed E-state index contributed by atoms with van der Waals surface area (Å²) < 4.78 is 0. The molecule has 2 amide bonds. The highest BCUT2D eigenvalue weighted by atomic mass is 32.2. The number of carbonyl (C=O) groups excluding carboxylic acids is 2. The maximum atomic E-state index is 12.6. The maximum absolute atomic E-state index is 12.6. The molecule has 3 N–H and O–H groups in total. The molecule has 26 heavy (non-hydrogen) atoms. The third kappa shape index (κ3) is 4.49. The molecule has 2 aliphatic heterocycles. The number of rotatable bonds is 6. The third-order valence-electron chi connectivity index (χ3n) is 5.35. The van der Waals surface area contributed by atoms with Gasteiger partial charge in [0, 0.05) is 38.0 Å². The number of nitrogens with one attached hydrogen (secondary N) is 1. The zero-order chi connectivity index (χ0) is 18.6. The number of aromatic amines is 1. The lowest BCUT2D eigenvalue weighted by molar-refractivity contribution is -0.142. The van der Waals surface area contributed by atoms with Crippen LogP contribution in [-0.4, -0.2) is 68.7 Å². The van der Waals surface area contributed by atoms with Gasteiger partial charge >= 0.3 is 0 Å². The smallest absolute Gasteiger partial charge is 0.233 e. The van der Waals surface area contributed by atoms with Crippen LogP contribution in [-0.2, 0) is 9.59 Å². The highest BCUT2D eigenvalue weighted by Crippen LogP contribution is 2.39. The monoisotopic (exact) mass is 380 g/mol. The molecule has 0 bridgehead atoms. The van der Waals surface area contributed by atoms with E-state index in [1.165, 1.54) is 11.8 Å². The van der Waals surface area contributed by atoms with Crippen LogP contribution in [0.15, 0.2) is 5.16 Å². The number of carbonyl (C=O) groups is 2. The van der Waals surface area contributed by atoms with Gasteiger partial charge in [-0.1, -0.05) is 25.1 Å². The van der Waals surface area contributed by atoms with Crippen molar-refractivity contribution in [3.63, 3.8) is 0 Å². The van der Waals surface area contributed by atoms with E-state index in [9.17, 15) is 9.59 Å². The second-order valence-corrected chi connectivity index (χ2v) is 8.32. The lowest BCUT2D eigenvalue weighted by Crippen LogP contribution is -2.55. The molecule has 0 radical (unpaired) electrons. The maximum Gasteiger partial charge on any atom is 0.233 e. The summed E-state index contributed by atoms with van der Waals surface area (Å²) in [7, 11) is 0. The molecule has 1 spiro atoms. The fourth-order valence-corrected chi connectivity index (χ4v) is 4.66. The summed E-state index contributed by atoms with van der Waals surface area (Å²) in [4.78, 5) is 32.9. The van der Waals surface area contributed by atoms with Gasteiger partial charge in [-0.2, -0.15) is 4.98 Å². The van der Waals surface area contributed by atoms with E-state index in [0.29, 0.717) is 17.3 Å². The van der Waals surface area contributed by atoms with Crippen molar-refractivity contribution >= 4 is 29.5 Å². The van der Waals surface area contributed by atoms with E-state index in [0.717, 1.165) is 58.3 Å². The number of nitrogen functional groups attached to an aromatic ring is 1. The van der Waals surface area contributed by atoms with Crippen LogP contribution in [0.2, 0.25) is 0 Å². The standard InChI is InChI=1S/C17H28N6O2S/c1-2-3-8-22-11-17(7-5-13(22)24)6-4-9-23(12-17)14(25)10-26-16-19-15(18)20-21-16/h2-12H2,1H3,(H3,18,19,20,21). The normalized spacial score (nSPS) is 23.7. The first kappa shape index (κ1) is 19.0. The largest absolute Gasteiger partial charge is 0.368 e. The highest BCUT2D eigenvalue weighted by molar-refractivity contribution is 7.99. The van der Waals surface area contributed by atoms with Crippen LogP contribution < -0.4 is 5.73 Å². The Balaban J connectivity index is 1.57. The van der Waals surface area contributed by atoms with E-state index < -0.39 is 0 Å². The molecule has 9 heteroatoms. The number of H-pyrrole nitrogens is 1. The molecular formula is C17H28N6O2S. The van der Waals surface area contributed by atoms with Crippen LogP contribution >= 0.6 is 11.8 Å². The summed E-state index contributed by atoms with van der Waals surface area (Å²) in [5.41, 5.74) is 5.57. The van der Waals surface area contributed by atoms with E-state index >= 15 is 0 Å². The molecule has 0 saturated carbocycles. The summed E-state index contributed by atoms with van der Waals surface area (Å²) >= 11 is 1.30. The molecule has 1 aromatic rings. The SMILES string of the molecule is CCCCN1CC2(CCCN(C(=O)CSc3n[nH]c(N)n3)C2)CCC1=O. The Hall–Kier alpha value is -1.77. The summed E-state index contributed by atoms with van der Waals surface area (Å²) in [5, 5.41) is 7.02. The van der Waals surface area contributed by atoms with Crippen molar-refractivity contribution in [2.75, 3.05) is 37.7 Å². The second-order valence-electron chi connectivity index (χ2n) is 7.38. The summed E-state index contributed by atoms with van der Waals surface area (Å²) in [6.45, 7) is 5.32. The lowest BCUT2D eigenvalue weighted by Gasteiger charge is -2.48. The molecule has 3 heterocycles. The van der Waals surface area contributed by atoms with Gasteiger partial charge in [-0.25, -0.2) is 5.10 Å². The van der Waals surface area contributed by atoms with Crippen molar-refractivity contribution in [3.05, 3.63) is 0 Å². The molecule has 1 atom stereocenters. The molecule has 1 unspecified atom stereocenters. The number of hydrogen-bond acceptors (Lipinski definition) is 6. The molecule has 1 aromatic heterocycles. The predicted octanol–water partition coefficient (Wildman–Crippen LogP) is 1.51. The van der Waals surface area contributed by atoms with Crippen LogP contribution in [0.3, 0.4) is 0 Å². The Morgan fingerprint density at radius 3 is 2.96 bits per heavy atom. The molecule has 2 saturated heterocycles. The van der Waals surface area contributed by atoms with Crippen LogP contribution in [0.5, 0.6) is 0 Å². The molecule has 2 aliphatic rings. The molecule has 0 aromatic carbocycles. The number of piperidine rings is 2. The van der Waals surface area contributed by atoms with Crippen molar-refractivity contribution in [2.24, 2.45) is 5.41 Å². The van der Waals surface area contributed by atoms with Crippen LogP contribution in [0, 0.1) is 5.41 Å². The number of aromatic nitrogens is 3. The first-order valence-electron chi connectivity index (χ1n) is 9.37. The van der Waals surface area contributed by atoms with Crippen molar-refractivity contribution < 1.29 is 9.59 Å². The summed E-state index contributed by atoms with van der Waals surface area (Å²) in [5.74, 6) is 0.946. The van der Waals surface area contributed by atoms with Gasteiger partial charge in [-0.05, 0) is 25.7 Å². The van der Waals surface area contributed by atoms with E-state index in [1.54, 1.807) is 0 Å². The minimum atomic E-state index is 0.0647. The Kier molecular flexibility index (Phi) is 6.05. The zero-order valence-corrected chi connectivity index (χ0v) is 16.2. The fraction of sp³-hybridized carbons (Fsp3) is 0.765. The second kappa shape index (κ2) is 8.28. The van der Waals surface area contributed by atoms with Gasteiger partial charge in [-0.3, -0.25) is 9.59 Å². The van der Waals surface area contributed by atoms with Crippen molar-refractivity contribution in [1.82, 2.24) is 25.0 Å². The van der Waals surface area contributed by atoms with Gasteiger partial charge in [0.2, 0.25) is 22.9 Å². The molecule has 2 fully saturated rings. The van der Waals surface area contributed by atoms with Crippen LogP contribution in [0.25, 0.3) is 0 Å². The molecule has 3 rings (SSSR count). The lowest BCUT2D eigenvalue weighted by atomic mass is 9.73. The van der Waals surface area contributed by atoms with Gasteiger partial charge in [0.1, 0.15) is 0 Å². The number of nitrogens with two attached hydrogens (primary N) is 1. The summed E-state index contributed by atoms with van der Waals surface area (Å²) in [6, 6.07) is 0. The number of anilines is 1. The van der Waals surface area contributed by atoms with Gasteiger partial charge in [-0.15, -0.1) is 5.10 Å². The highest BCUT2D eigenvalue weighted by Gasteiger charge is 2.42. The van der Waals surface area contributed by atoms with Crippen molar-refractivity contribution in [1.29, 1.82) is 0 Å². The molecule has 144 valence electrons. The molecular weight excluding hydrogens is 352 g/mol. The number of thioether (sulfide) groups is 1. The van der Waals surface area contributed by atoms with E-state index in [4.69, 9.17) is 5.73 Å². The van der Waals surface area contributed by atoms with Crippen molar-refractivity contribution in [3.8, 4) is 0 Å². The Bertz CT molecular complexity index is 651. The first-order valence-corrected chi connectivity index (χ1v) is 10.4. The minimum Gasteiger partial charge on any atom is -0.368 e. The van der Waals surface area contributed by atoms with Crippen LogP contribution in [0.1, 0.15) is 45.4 Å². The third-order valence-corrected chi connectivity index (χ3v) is 6.18. The average Bonchev–Trinajstić information content (AvgIpc) is 3.06. The van der Waals surface area contributed by atoms with Gasteiger partial charge in [0.05, 0.1) is 5.75 Å². The molecule has 8 nitrogen and oxygen atoms in total. The predicted molar refractivity (Wildman–Crippen MR) is 100 cm³/mol. The topological polar surface area (TPSA) is 108 Å². The van der Waals surface area contributed by atoms with E-state index in [2.05, 4.69) is 22.1 Å². The van der Waals surface area contributed by atoms with Gasteiger partial charge < -0.3 is 15.5 Å². The Morgan fingerprint density at radius 1 is 1.38 bits per heavy atom. The number of amides is 2. The Labute approximate surface area is 158 Å². The molecule has 0 aliphatic carbocycles. The number of likely N-dealkylation sites (tertiary alicyclic amines) is 2. The van der Waals surface area contributed by atoms with Gasteiger partial charge in [0.15, 0.2) is 0 Å². The van der Waals surface area contributed by atoms with Crippen molar-refractivity contribution in [2.45, 2.75) is 50.6 Å². The zero-order valence-electron chi connectivity index (χ0n) is 15.4. The fourth-order valence-electron chi connectivity index (χ4n) is 3.95. The minimum absolute atomic E-state index is 0.0647. The number of hydrogen-bond donors (Lipinski definition) is 2. The van der Waals surface area contributed by atoms with Gasteiger partial charge in [0.25, 0.3) is 0 Å². The average molecular weight is 381 g/mol. The number of unbranched alkanes of at least 4 members (excludes halogenated alkanes) is 1. The Morgan fingerprint density at radius 2 is 2.23 bits per heavy atom.